The molecule has 1 fully saturated rings. The van der Waals surface area contributed by atoms with Crippen LogP contribution in [0.4, 0.5) is 10.1 Å². The number of nitrogens with two attached hydrogens (primary N) is 1. The van der Waals surface area contributed by atoms with E-state index in [9.17, 15) is 9.18 Å². The number of nitrogen functional groups attached to an aromatic ring is 1. The van der Waals surface area contributed by atoms with Gasteiger partial charge in [-0.1, -0.05) is 23.2 Å². The number of rotatable bonds is 1. The molecule has 1 heterocycles. The van der Waals surface area contributed by atoms with Gasteiger partial charge in [0.05, 0.1) is 16.3 Å². The summed E-state index contributed by atoms with van der Waals surface area (Å²) in [6.07, 6.45) is 0.916. The highest BCUT2D eigenvalue weighted by Gasteiger charge is 2.23. The first-order valence-electron chi connectivity index (χ1n) is 5.82. The van der Waals surface area contributed by atoms with Crippen molar-refractivity contribution in [1.29, 1.82) is 0 Å². The number of thioether (sulfide) groups is 1. The van der Waals surface area contributed by atoms with E-state index in [0.717, 1.165) is 24.0 Å². The molecule has 1 saturated heterocycles. The van der Waals surface area contributed by atoms with Crippen LogP contribution < -0.4 is 5.73 Å². The fraction of sp³-hybridized carbons (Fsp3) is 0.417. The minimum absolute atomic E-state index is 0.0216. The minimum Gasteiger partial charge on any atom is -0.396 e. The van der Waals surface area contributed by atoms with E-state index in [0.29, 0.717) is 13.1 Å². The van der Waals surface area contributed by atoms with Gasteiger partial charge in [-0.25, -0.2) is 4.39 Å². The predicted molar refractivity (Wildman–Crippen MR) is 78.7 cm³/mol. The van der Waals surface area contributed by atoms with E-state index in [4.69, 9.17) is 28.9 Å². The largest absolute Gasteiger partial charge is 0.396 e. The summed E-state index contributed by atoms with van der Waals surface area (Å²) < 4.78 is 13.6. The van der Waals surface area contributed by atoms with Gasteiger partial charge in [0.25, 0.3) is 5.91 Å². The van der Waals surface area contributed by atoms with Crippen LogP contribution in [-0.4, -0.2) is 35.4 Å². The summed E-state index contributed by atoms with van der Waals surface area (Å²) in [5.41, 5.74) is 5.59. The summed E-state index contributed by atoms with van der Waals surface area (Å²) >= 11 is 13.5. The Balaban J connectivity index is 2.33. The van der Waals surface area contributed by atoms with Crippen LogP contribution in [0.25, 0.3) is 0 Å². The van der Waals surface area contributed by atoms with E-state index in [1.807, 2.05) is 0 Å². The molecule has 104 valence electrons. The van der Waals surface area contributed by atoms with Crippen molar-refractivity contribution < 1.29 is 9.18 Å². The molecule has 1 aliphatic rings. The lowest BCUT2D eigenvalue weighted by Gasteiger charge is -2.21. The molecule has 0 aromatic heterocycles. The van der Waals surface area contributed by atoms with E-state index in [2.05, 4.69) is 0 Å². The number of carbonyl (C=O) groups is 1. The van der Waals surface area contributed by atoms with Crippen LogP contribution in [0.1, 0.15) is 16.8 Å². The fourth-order valence-corrected chi connectivity index (χ4v) is 3.21. The first kappa shape index (κ1) is 14.8. The molecule has 19 heavy (non-hydrogen) atoms. The number of hydrogen-bond donors (Lipinski definition) is 1. The number of carbonyl (C=O) groups excluding carboxylic acids is 1. The molecule has 1 amide bonds. The smallest absolute Gasteiger partial charge is 0.255 e. The van der Waals surface area contributed by atoms with Crippen molar-refractivity contribution in [3.05, 3.63) is 27.5 Å². The topological polar surface area (TPSA) is 46.3 Å². The van der Waals surface area contributed by atoms with E-state index >= 15 is 0 Å². The van der Waals surface area contributed by atoms with Gasteiger partial charge in [0.2, 0.25) is 0 Å². The predicted octanol–water partition coefficient (Wildman–Crippen LogP) is 3.29. The number of anilines is 1. The quantitative estimate of drug-likeness (QED) is 0.637. The zero-order chi connectivity index (χ0) is 14.0. The molecular weight excluding hydrogens is 310 g/mol. The molecule has 1 aromatic rings. The highest BCUT2D eigenvalue weighted by atomic mass is 35.5. The van der Waals surface area contributed by atoms with Crippen molar-refractivity contribution in [2.24, 2.45) is 0 Å². The third-order valence-corrected chi connectivity index (χ3v) is 4.77. The monoisotopic (exact) mass is 322 g/mol. The van der Waals surface area contributed by atoms with Crippen LogP contribution in [0.2, 0.25) is 10.0 Å². The Morgan fingerprint density at radius 2 is 2.05 bits per heavy atom. The maximum Gasteiger partial charge on any atom is 0.255 e. The molecule has 1 aromatic carbocycles. The highest BCUT2D eigenvalue weighted by molar-refractivity contribution is 7.99. The second kappa shape index (κ2) is 6.20. The molecule has 0 aliphatic carbocycles. The zero-order valence-electron chi connectivity index (χ0n) is 10.1. The van der Waals surface area contributed by atoms with Crippen LogP contribution in [0.5, 0.6) is 0 Å². The average Bonchev–Trinajstić information content (AvgIpc) is 2.68. The van der Waals surface area contributed by atoms with Crippen molar-refractivity contribution in [1.82, 2.24) is 4.90 Å². The van der Waals surface area contributed by atoms with Gasteiger partial charge in [-0.3, -0.25) is 4.79 Å². The van der Waals surface area contributed by atoms with Gasteiger partial charge in [-0.2, -0.15) is 11.8 Å². The number of nitrogens with zero attached hydrogens (tertiary/aromatic N) is 1. The Labute approximate surface area is 125 Å². The Morgan fingerprint density at radius 1 is 1.32 bits per heavy atom. The minimum atomic E-state index is -0.726. The van der Waals surface area contributed by atoms with Gasteiger partial charge in [0, 0.05) is 18.8 Å². The first-order valence-corrected chi connectivity index (χ1v) is 7.73. The molecule has 0 saturated carbocycles. The maximum atomic E-state index is 13.6. The Morgan fingerprint density at radius 3 is 2.79 bits per heavy atom. The van der Waals surface area contributed by atoms with Crippen LogP contribution >= 0.6 is 35.0 Å². The normalized spacial score (nSPS) is 16.3. The number of benzene rings is 1. The summed E-state index contributed by atoms with van der Waals surface area (Å²) in [5, 5.41) is -0.221. The molecule has 0 atom stereocenters. The summed E-state index contributed by atoms with van der Waals surface area (Å²) in [6.45, 7) is 1.27. The number of halogens is 3. The Bertz CT molecular complexity index is 505. The van der Waals surface area contributed by atoms with E-state index < -0.39 is 5.82 Å². The molecule has 3 nitrogen and oxygen atoms in total. The molecule has 0 bridgehead atoms. The summed E-state index contributed by atoms with van der Waals surface area (Å²) in [5.74, 6) is 0.870. The lowest BCUT2D eigenvalue weighted by atomic mass is 10.1. The fourth-order valence-electron chi connectivity index (χ4n) is 1.90. The third-order valence-electron chi connectivity index (χ3n) is 2.93. The first-order chi connectivity index (χ1) is 9.02. The number of amides is 1. The number of hydrogen-bond acceptors (Lipinski definition) is 3. The van der Waals surface area contributed by atoms with Gasteiger partial charge in [0.1, 0.15) is 10.8 Å². The van der Waals surface area contributed by atoms with E-state index in [1.165, 1.54) is 0 Å². The van der Waals surface area contributed by atoms with Crippen molar-refractivity contribution in [3.63, 3.8) is 0 Å². The average molecular weight is 323 g/mol. The molecule has 0 unspecified atom stereocenters. The van der Waals surface area contributed by atoms with Gasteiger partial charge in [0.15, 0.2) is 0 Å². The zero-order valence-corrected chi connectivity index (χ0v) is 12.4. The van der Waals surface area contributed by atoms with Crippen molar-refractivity contribution in [2.75, 3.05) is 30.3 Å². The molecular formula is C12H13Cl2FN2OS. The Hall–Kier alpha value is -0.650. The molecule has 7 heteroatoms. The highest BCUT2D eigenvalue weighted by Crippen LogP contribution is 2.33. The van der Waals surface area contributed by atoms with E-state index in [-0.39, 0.29) is 27.2 Å². The molecule has 0 spiro atoms. The van der Waals surface area contributed by atoms with Gasteiger partial charge in [-0.05, 0) is 18.2 Å². The second-order valence-corrected chi connectivity index (χ2v) is 6.19. The molecule has 0 radical (unpaired) electrons. The van der Waals surface area contributed by atoms with Crippen molar-refractivity contribution in [2.45, 2.75) is 6.42 Å². The van der Waals surface area contributed by atoms with Crippen LogP contribution in [0.3, 0.4) is 0 Å². The standard InChI is InChI=1S/C12H13Cl2FN2OS/c13-9-7(6-8(15)10(14)11(9)16)12(18)17-2-1-4-19-5-3-17/h6H,1-5,16H2. The maximum absolute atomic E-state index is 13.6. The summed E-state index contributed by atoms with van der Waals surface area (Å²) in [6, 6.07) is 1.06. The molecule has 2 rings (SSSR count). The van der Waals surface area contributed by atoms with Gasteiger partial charge in [-0.15, -0.1) is 0 Å². The van der Waals surface area contributed by atoms with Gasteiger partial charge >= 0.3 is 0 Å². The molecule has 1 aliphatic heterocycles. The SMILES string of the molecule is Nc1c(Cl)c(F)cc(C(=O)N2CCCSCC2)c1Cl. The van der Waals surface area contributed by atoms with Crippen LogP contribution in [-0.2, 0) is 0 Å². The van der Waals surface area contributed by atoms with Crippen LogP contribution in [0.15, 0.2) is 6.07 Å². The second-order valence-electron chi connectivity index (χ2n) is 4.21. The lowest BCUT2D eigenvalue weighted by Crippen LogP contribution is -2.33. The van der Waals surface area contributed by atoms with E-state index in [1.54, 1.807) is 16.7 Å². The Kier molecular flexibility index (Phi) is 4.81. The van der Waals surface area contributed by atoms with Gasteiger partial charge < -0.3 is 10.6 Å². The van der Waals surface area contributed by atoms with Crippen molar-refractivity contribution in [3.8, 4) is 0 Å². The molecule has 2 N–H and O–H groups in total. The van der Waals surface area contributed by atoms with Crippen LogP contribution in [0, 0.1) is 5.82 Å². The summed E-state index contributed by atoms with van der Waals surface area (Å²) in [7, 11) is 0. The summed E-state index contributed by atoms with van der Waals surface area (Å²) in [4.78, 5) is 14.0. The van der Waals surface area contributed by atoms with Crippen molar-refractivity contribution >= 4 is 46.6 Å². The third kappa shape index (κ3) is 3.09. The lowest BCUT2D eigenvalue weighted by molar-refractivity contribution is 0.0768.